The third-order valence-electron chi connectivity index (χ3n) is 2.55. The molecule has 0 aromatic rings. The highest BCUT2D eigenvalue weighted by atomic mass is 16.4. The van der Waals surface area contributed by atoms with Crippen molar-refractivity contribution in [3.05, 3.63) is 6.42 Å². The number of aliphatic hydroxyl groups is 1. The van der Waals surface area contributed by atoms with Gasteiger partial charge in [-0.2, -0.15) is 0 Å². The van der Waals surface area contributed by atoms with Gasteiger partial charge in [-0.25, -0.2) is 0 Å². The van der Waals surface area contributed by atoms with Crippen LogP contribution < -0.4 is 0 Å². The van der Waals surface area contributed by atoms with Crippen LogP contribution in [-0.4, -0.2) is 22.8 Å². The van der Waals surface area contributed by atoms with Gasteiger partial charge in [0, 0.05) is 13.0 Å². The first-order valence-electron chi connectivity index (χ1n) is 4.38. The molecule has 0 spiro atoms. The van der Waals surface area contributed by atoms with E-state index in [0.717, 1.165) is 19.3 Å². The summed E-state index contributed by atoms with van der Waals surface area (Å²) < 4.78 is 0. The molecular formula is C9H15O3. The zero-order valence-electron chi connectivity index (χ0n) is 7.07. The third kappa shape index (κ3) is 2.48. The van der Waals surface area contributed by atoms with Crippen molar-refractivity contribution in [2.45, 2.75) is 25.7 Å². The van der Waals surface area contributed by atoms with Crippen LogP contribution in [0.2, 0.25) is 0 Å². The fourth-order valence-corrected chi connectivity index (χ4v) is 1.81. The minimum Gasteiger partial charge on any atom is -0.481 e. The van der Waals surface area contributed by atoms with E-state index in [9.17, 15) is 4.79 Å². The second-order valence-electron chi connectivity index (χ2n) is 3.40. The lowest BCUT2D eigenvalue weighted by Crippen LogP contribution is -2.25. The predicted molar refractivity (Wildman–Crippen MR) is 44.5 cm³/mol. The van der Waals surface area contributed by atoms with Crippen molar-refractivity contribution in [3.8, 4) is 0 Å². The summed E-state index contributed by atoms with van der Waals surface area (Å²) >= 11 is 0. The molecule has 69 valence electrons. The van der Waals surface area contributed by atoms with Crippen molar-refractivity contribution in [1.29, 1.82) is 0 Å². The van der Waals surface area contributed by atoms with E-state index in [4.69, 9.17) is 10.2 Å². The van der Waals surface area contributed by atoms with Gasteiger partial charge in [-0.1, -0.05) is 0 Å². The van der Waals surface area contributed by atoms with Crippen LogP contribution in [-0.2, 0) is 4.79 Å². The Labute approximate surface area is 72.4 Å². The fraction of sp³-hybridized carbons (Fsp3) is 0.778. The molecule has 0 heterocycles. The molecule has 0 amide bonds. The van der Waals surface area contributed by atoms with E-state index < -0.39 is 5.97 Å². The highest BCUT2D eigenvalue weighted by Crippen LogP contribution is 2.31. The molecule has 2 N–H and O–H groups in total. The Kier molecular flexibility index (Phi) is 3.53. The number of aliphatic hydroxyl groups excluding tert-OH is 1. The molecule has 0 aromatic carbocycles. The van der Waals surface area contributed by atoms with Gasteiger partial charge in [-0.3, -0.25) is 4.79 Å². The van der Waals surface area contributed by atoms with Crippen LogP contribution in [0, 0.1) is 18.3 Å². The lowest BCUT2D eigenvalue weighted by atomic mass is 9.78. The quantitative estimate of drug-likeness (QED) is 0.668. The average molecular weight is 171 g/mol. The van der Waals surface area contributed by atoms with Crippen molar-refractivity contribution in [3.63, 3.8) is 0 Å². The molecule has 1 aliphatic rings. The lowest BCUT2D eigenvalue weighted by Gasteiger charge is -2.28. The van der Waals surface area contributed by atoms with E-state index in [1.807, 2.05) is 0 Å². The van der Waals surface area contributed by atoms with E-state index in [0.29, 0.717) is 0 Å². The van der Waals surface area contributed by atoms with Crippen molar-refractivity contribution >= 4 is 5.97 Å². The summed E-state index contributed by atoms with van der Waals surface area (Å²) in [6.07, 6.45) is 5.12. The highest BCUT2D eigenvalue weighted by molar-refractivity contribution is 5.67. The zero-order chi connectivity index (χ0) is 8.97. The average Bonchev–Trinajstić information content (AvgIpc) is 2.04. The summed E-state index contributed by atoms with van der Waals surface area (Å²) in [4.78, 5) is 10.4. The van der Waals surface area contributed by atoms with E-state index >= 15 is 0 Å². The first-order valence-corrected chi connectivity index (χ1v) is 4.38. The number of carbonyl (C=O) groups is 1. The molecule has 2 atom stereocenters. The molecule has 1 fully saturated rings. The number of hydrogen-bond acceptors (Lipinski definition) is 2. The van der Waals surface area contributed by atoms with Gasteiger partial charge in [0.2, 0.25) is 0 Å². The van der Waals surface area contributed by atoms with Gasteiger partial charge in [0.1, 0.15) is 0 Å². The molecule has 0 bridgehead atoms. The largest absolute Gasteiger partial charge is 0.481 e. The maximum Gasteiger partial charge on any atom is 0.303 e. The van der Waals surface area contributed by atoms with Gasteiger partial charge in [0.15, 0.2) is 0 Å². The summed E-state index contributed by atoms with van der Waals surface area (Å²) in [6, 6.07) is 0. The molecular weight excluding hydrogens is 156 g/mol. The SMILES string of the molecule is O=C(O)CC1CC[CH]CC1CO. The minimum atomic E-state index is -0.750. The van der Waals surface area contributed by atoms with Gasteiger partial charge in [-0.15, -0.1) is 0 Å². The Morgan fingerprint density at radius 2 is 2.25 bits per heavy atom. The topological polar surface area (TPSA) is 57.5 Å². The lowest BCUT2D eigenvalue weighted by molar-refractivity contribution is -0.138. The second-order valence-corrected chi connectivity index (χ2v) is 3.40. The molecule has 3 heteroatoms. The zero-order valence-corrected chi connectivity index (χ0v) is 7.07. The first-order chi connectivity index (χ1) is 5.74. The van der Waals surface area contributed by atoms with Gasteiger partial charge < -0.3 is 10.2 Å². The smallest absolute Gasteiger partial charge is 0.303 e. The summed E-state index contributed by atoms with van der Waals surface area (Å²) in [7, 11) is 0. The Bertz CT molecular complexity index is 156. The number of rotatable bonds is 3. The Balaban J connectivity index is 2.41. The van der Waals surface area contributed by atoms with E-state index in [1.54, 1.807) is 0 Å². The Morgan fingerprint density at radius 3 is 2.83 bits per heavy atom. The van der Waals surface area contributed by atoms with Crippen molar-refractivity contribution in [1.82, 2.24) is 0 Å². The molecule has 0 saturated heterocycles. The van der Waals surface area contributed by atoms with Gasteiger partial charge in [-0.05, 0) is 37.5 Å². The third-order valence-corrected chi connectivity index (χ3v) is 2.55. The first kappa shape index (κ1) is 9.52. The molecule has 0 aromatic heterocycles. The molecule has 3 nitrogen and oxygen atoms in total. The number of aliphatic carboxylic acids is 1. The number of carboxylic acids is 1. The van der Waals surface area contributed by atoms with Crippen LogP contribution >= 0.6 is 0 Å². The van der Waals surface area contributed by atoms with Crippen molar-refractivity contribution in [2.24, 2.45) is 11.8 Å². The Morgan fingerprint density at radius 1 is 1.50 bits per heavy atom. The maximum absolute atomic E-state index is 10.4. The van der Waals surface area contributed by atoms with Crippen LogP contribution in [0.4, 0.5) is 0 Å². The normalized spacial score (nSPS) is 30.1. The van der Waals surface area contributed by atoms with Crippen molar-refractivity contribution < 1.29 is 15.0 Å². The van der Waals surface area contributed by atoms with E-state index in [-0.39, 0.29) is 24.9 Å². The monoisotopic (exact) mass is 171 g/mol. The Hall–Kier alpha value is -0.570. The molecule has 2 unspecified atom stereocenters. The van der Waals surface area contributed by atoms with Gasteiger partial charge >= 0.3 is 5.97 Å². The van der Waals surface area contributed by atoms with Crippen molar-refractivity contribution in [2.75, 3.05) is 6.61 Å². The van der Waals surface area contributed by atoms with E-state index in [1.165, 1.54) is 0 Å². The molecule has 1 aliphatic carbocycles. The summed E-state index contributed by atoms with van der Waals surface area (Å²) in [6.45, 7) is 0.119. The summed E-state index contributed by atoms with van der Waals surface area (Å²) in [5.41, 5.74) is 0. The second kappa shape index (κ2) is 4.45. The van der Waals surface area contributed by atoms with E-state index in [2.05, 4.69) is 6.42 Å². The van der Waals surface area contributed by atoms with Gasteiger partial charge in [0.25, 0.3) is 0 Å². The molecule has 1 rings (SSSR count). The van der Waals surface area contributed by atoms with Crippen LogP contribution in [0.25, 0.3) is 0 Å². The summed E-state index contributed by atoms with van der Waals surface area (Å²) in [5, 5.41) is 17.5. The predicted octanol–water partition coefficient (Wildman–Crippen LogP) is 1.07. The number of hydrogen-bond donors (Lipinski definition) is 2. The van der Waals surface area contributed by atoms with Gasteiger partial charge in [0.05, 0.1) is 0 Å². The standard InChI is InChI=1S/C9H15O3/c10-6-8-4-2-1-3-7(8)5-9(11)12/h2,7-8,10H,1,3-6H2,(H,11,12). The molecule has 0 aliphatic heterocycles. The van der Waals surface area contributed by atoms with Crippen LogP contribution in [0.15, 0.2) is 0 Å². The molecule has 1 saturated carbocycles. The van der Waals surface area contributed by atoms with Crippen LogP contribution in [0.3, 0.4) is 0 Å². The fourth-order valence-electron chi connectivity index (χ4n) is 1.81. The maximum atomic E-state index is 10.4. The minimum absolute atomic E-state index is 0.119. The van der Waals surface area contributed by atoms with Crippen LogP contribution in [0.1, 0.15) is 25.7 Å². The summed E-state index contributed by atoms with van der Waals surface area (Å²) in [5.74, 6) is -0.396. The molecule has 1 radical (unpaired) electrons. The van der Waals surface area contributed by atoms with Crippen LogP contribution in [0.5, 0.6) is 0 Å². The molecule has 12 heavy (non-hydrogen) atoms. The highest BCUT2D eigenvalue weighted by Gasteiger charge is 2.26. The number of carboxylic acid groups (broad SMARTS) is 1.